The van der Waals surface area contributed by atoms with Gasteiger partial charge in [0.25, 0.3) is 0 Å². The number of aromatic hydroxyl groups is 2. The summed E-state index contributed by atoms with van der Waals surface area (Å²) in [5.41, 5.74) is 0.741. The van der Waals surface area contributed by atoms with Crippen LogP contribution < -0.4 is 0 Å². The minimum Gasteiger partial charge on any atom is -0.508 e. The zero-order chi connectivity index (χ0) is 15.6. The number of benzene rings is 1. The van der Waals surface area contributed by atoms with Crippen LogP contribution in [-0.2, 0) is 9.53 Å². The van der Waals surface area contributed by atoms with E-state index in [-0.39, 0.29) is 30.2 Å². The van der Waals surface area contributed by atoms with Crippen LogP contribution in [0.2, 0.25) is 0 Å². The van der Waals surface area contributed by atoms with Gasteiger partial charge in [-0.25, -0.2) is 0 Å². The van der Waals surface area contributed by atoms with Gasteiger partial charge in [-0.2, -0.15) is 0 Å². The second-order valence-corrected chi connectivity index (χ2v) is 5.34. The number of hydrogen-bond acceptors (Lipinski definition) is 5. The Morgan fingerprint density at radius 1 is 1.33 bits per heavy atom. The van der Waals surface area contributed by atoms with Gasteiger partial charge in [0, 0.05) is 18.2 Å². The predicted octanol–water partition coefficient (Wildman–Crippen LogP) is 1.58. The molecule has 21 heavy (non-hydrogen) atoms. The molecule has 1 heterocycles. The van der Waals surface area contributed by atoms with E-state index in [2.05, 4.69) is 0 Å². The van der Waals surface area contributed by atoms with Crippen molar-refractivity contribution in [2.45, 2.75) is 25.9 Å². The lowest BCUT2D eigenvalue weighted by Crippen LogP contribution is -2.44. The Hall–Kier alpha value is -1.79. The molecule has 0 aromatic heterocycles. The SMILES string of the molecule is CCN(C(C)c1cc(O)cc(O)c1)C1COCC1C(=O)O. The van der Waals surface area contributed by atoms with Crippen LogP contribution in [0.3, 0.4) is 0 Å². The van der Waals surface area contributed by atoms with Crippen molar-refractivity contribution in [3.8, 4) is 11.5 Å². The third-order valence-electron chi connectivity index (χ3n) is 4.06. The molecule has 6 heteroatoms. The van der Waals surface area contributed by atoms with Gasteiger partial charge in [0.15, 0.2) is 0 Å². The molecule has 1 aromatic carbocycles. The zero-order valence-corrected chi connectivity index (χ0v) is 12.2. The second kappa shape index (κ2) is 6.32. The van der Waals surface area contributed by atoms with E-state index in [9.17, 15) is 20.1 Å². The Labute approximate surface area is 123 Å². The second-order valence-electron chi connectivity index (χ2n) is 5.34. The van der Waals surface area contributed by atoms with Crippen molar-refractivity contribution in [1.82, 2.24) is 4.90 Å². The number of rotatable bonds is 5. The third kappa shape index (κ3) is 3.28. The van der Waals surface area contributed by atoms with Crippen LogP contribution in [0.4, 0.5) is 0 Å². The molecule has 3 unspecified atom stereocenters. The van der Waals surface area contributed by atoms with Gasteiger partial charge in [-0.1, -0.05) is 6.92 Å². The van der Waals surface area contributed by atoms with Gasteiger partial charge in [-0.05, 0) is 31.2 Å². The maximum Gasteiger partial charge on any atom is 0.310 e. The molecule has 0 amide bonds. The topological polar surface area (TPSA) is 90.2 Å². The smallest absolute Gasteiger partial charge is 0.310 e. The van der Waals surface area contributed by atoms with E-state index in [1.807, 2.05) is 18.7 Å². The number of phenols is 2. The number of phenolic OH excluding ortho intramolecular Hbond substituents is 2. The lowest BCUT2D eigenvalue weighted by atomic mass is 9.98. The number of aliphatic carboxylic acids is 1. The molecule has 6 nitrogen and oxygen atoms in total. The van der Waals surface area contributed by atoms with Crippen LogP contribution in [0, 0.1) is 5.92 Å². The summed E-state index contributed by atoms with van der Waals surface area (Å²) in [5, 5.41) is 28.5. The fraction of sp³-hybridized carbons (Fsp3) is 0.533. The molecule has 1 saturated heterocycles. The van der Waals surface area contributed by atoms with E-state index in [1.54, 1.807) is 12.1 Å². The Bertz CT molecular complexity index is 499. The molecule has 0 bridgehead atoms. The number of carbonyl (C=O) groups is 1. The van der Waals surface area contributed by atoms with Crippen molar-refractivity contribution in [3.05, 3.63) is 23.8 Å². The molecule has 0 aliphatic carbocycles. The van der Waals surface area contributed by atoms with E-state index < -0.39 is 11.9 Å². The molecule has 1 aliphatic heterocycles. The van der Waals surface area contributed by atoms with Gasteiger partial charge >= 0.3 is 5.97 Å². The molecule has 1 fully saturated rings. The molecule has 1 aliphatic rings. The normalized spacial score (nSPS) is 23.4. The van der Waals surface area contributed by atoms with Gasteiger partial charge in [0.1, 0.15) is 11.5 Å². The molecule has 116 valence electrons. The van der Waals surface area contributed by atoms with Crippen molar-refractivity contribution in [1.29, 1.82) is 0 Å². The molecule has 3 atom stereocenters. The Morgan fingerprint density at radius 2 is 1.95 bits per heavy atom. The summed E-state index contributed by atoms with van der Waals surface area (Å²) in [7, 11) is 0. The third-order valence-corrected chi connectivity index (χ3v) is 4.06. The molecule has 0 saturated carbocycles. The first kappa shape index (κ1) is 15.6. The lowest BCUT2D eigenvalue weighted by molar-refractivity contribution is -0.143. The van der Waals surface area contributed by atoms with Crippen molar-refractivity contribution < 1.29 is 24.9 Å². The Balaban J connectivity index is 2.25. The number of likely N-dealkylation sites (N-methyl/N-ethyl adjacent to an activating group) is 1. The highest BCUT2D eigenvalue weighted by Gasteiger charge is 2.39. The van der Waals surface area contributed by atoms with Crippen LogP contribution in [0.5, 0.6) is 11.5 Å². The van der Waals surface area contributed by atoms with Gasteiger partial charge < -0.3 is 20.1 Å². The fourth-order valence-corrected chi connectivity index (χ4v) is 2.95. The van der Waals surface area contributed by atoms with E-state index >= 15 is 0 Å². The number of hydrogen-bond donors (Lipinski definition) is 3. The predicted molar refractivity (Wildman–Crippen MR) is 76.3 cm³/mol. The van der Waals surface area contributed by atoms with Crippen LogP contribution >= 0.6 is 0 Å². The molecule has 1 aromatic rings. The van der Waals surface area contributed by atoms with Crippen LogP contribution in [0.25, 0.3) is 0 Å². The summed E-state index contributed by atoms with van der Waals surface area (Å²) in [6.07, 6.45) is 0. The summed E-state index contributed by atoms with van der Waals surface area (Å²) in [4.78, 5) is 13.3. The quantitative estimate of drug-likeness (QED) is 0.764. The maximum absolute atomic E-state index is 11.3. The van der Waals surface area contributed by atoms with E-state index in [4.69, 9.17) is 4.74 Å². The van der Waals surface area contributed by atoms with Crippen LogP contribution in [0.1, 0.15) is 25.5 Å². The Kier molecular flexibility index (Phi) is 4.69. The number of carboxylic acids is 1. The van der Waals surface area contributed by atoms with Crippen molar-refractivity contribution in [3.63, 3.8) is 0 Å². The molecule has 2 rings (SSSR count). The number of nitrogens with zero attached hydrogens (tertiary/aromatic N) is 1. The van der Waals surface area contributed by atoms with Crippen LogP contribution in [0.15, 0.2) is 18.2 Å². The lowest BCUT2D eigenvalue weighted by Gasteiger charge is -2.35. The van der Waals surface area contributed by atoms with Crippen molar-refractivity contribution in [2.75, 3.05) is 19.8 Å². The summed E-state index contributed by atoms with van der Waals surface area (Å²) in [6, 6.07) is 4.08. The zero-order valence-electron chi connectivity index (χ0n) is 12.2. The first-order valence-corrected chi connectivity index (χ1v) is 7.03. The Morgan fingerprint density at radius 3 is 2.48 bits per heavy atom. The molecule has 0 spiro atoms. The fourth-order valence-electron chi connectivity index (χ4n) is 2.95. The summed E-state index contributed by atoms with van der Waals surface area (Å²) in [6.45, 7) is 5.12. The summed E-state index contributed by atoms with van der Waals surface area (Å²) >= 11 is 0. The molecular weight excluding hydrogens is 274 g/mol. The highest BCUT2D eigenvalue weighted by Crippen LogP contribution is 2.32. The van der Waals surface area contributed by atoms with Crippen LogP contribution in [-0.4, -0.2) is 52.0 Å². The number of carboxylic acid groups (broad SMARTS) is 1. The minimum atomic E-state index is -0.859. The first-order chi connectivity index (χ1) is 9.93. The largest absolute Gasteiger partial charge is 0.508 e. The monoisotopic (exact) mass is 295 g/mol. The standard InChI is InChI=1S/C15H21NO5/c1-3-16(14-8-21-7-13(14)15(19)20)9(2)10-4-11(17)6-12(18)5-10/h4-6,9,13-14,17-18H,3,7-8H2,1-2H3,(H,19,20). The van der Waals surface area contributed by atoms with Crippen molar-refractivity contribution >= 4 is 5.97 Å². The van der Waals surface area contributed by atoms with Gasteiger partial charge in [-0.3, -0.25) is 9.69 Å². The first-order valence-electron chi connectivity index (χ1n) is 7.03. The molecular formula is C15H21NO5. The van der Waals surface area contributed by atoms with Gasteiger partial charge in [0.05, 0.1) is 19.1 Å². The highest BCUT2D eigenvalue weighted by molar-refractivity contribution is 5.71. The minimum absolute atomic E-state index is 0.00893. The molecule has 3 N–H and O–H groups in total. The number of ether oxygens (including phenoxy) is 1. The highest BCUT2D eigenvalue weighted by atomic mass is 16.5. The van der Waals surface area contributed by atoms with E-state index in [0.717, 1.165) is 5.56 Å². The van der Waals surface area contributed by atoms with E-state index in [1.165, 1.54) is 6.07 Å². The van der Waals surface area contributed by atoms with Crippen molar-refractivity contribution in [2.24, 2.45) is 5.92 Å². The summed E-state index contributed by atoms with van der Waals surface area (Å²) < 4.78 is 5.33. The van der Waals surface area contributed by atoms with Gasteiger partial charge in [-0.15, -0.1) is 0 Å². The summed E-state index contributed by atoms with van der Waals surface area (Å²) in [5.74, 6) is -1.43. The average Bonchev–Trinajstić information content (AvgIpc) is 2.87. The van der Waals surface area contributed by atoms with E-state index in [0.29, 0.717) is 13.2 Å². The van der Waals surface area contributed by atoms with Gasteiger partial charge in [0.2, 0.25) is 0 Å². The average molecular weight is 295 g/mol. The maximum atomic E-state index is 11.3. The molecule has 0 radical (unpaired) electrons.